The molecule has 0 fully saturated rings. The summed E-state index contributed by atoms with van der Waals surface area (Å²) in [6.45, 7) is 5.87. The number of nitrogens with one attached hydrogen (secondary N) is 1. The maximum Gasteiger partial charge on any atom is 0.233 e. The summed E-state index contributed by atoms with van der Waals surface area (Å²) in [5.74, 6) is -0.370. The summed E-state index contributed by atoms with van der Waals surface area (Å²) in [5, 5.41) is 14.2. The molecule has 0 aromatic rings. The maximum atomic E-state index is 11.8. The first-order valence-corrected chi connectivity index (χ1v) is 5.80. The molecule has 0 atom stereocenters. The molecule has 106 valence electrons. The Morgan fingerprint density at radius 2 is 2.11 bits per heavy atom. The molecule has 0 unspecified atom stereocenters. The summed E-state index contributed by atoms with van der Waals surface area (Å²) in [7, 11) is 3.59. The highest BCUT2D eigenvalue weighted by Gasteiger charge is 2.32. The number of likely N-dealkylation sites (N-methyl/N-ethyl adjacent to an activating group) is 1. The monoisotopic (exact) mass is 260 g/mol. The van der Waals surface area contributed by atoms with Crippen molar-refractivity contribution >= 4 is 11.7 Å². The average Bonchev–Trinajstić information content (AvgIpc) is 2.34. The average molecular weight is 260 g/mol. The molecule has 0 aliphatic carbocycles. The SMILES string of the molecule is COCCN(C)CCNC(=O)C(C)(C)/C(N)=N/O. The Balaban J connectivity index is 4.04. The fourth-order valence-corrected chi connectivity index (χ4v) is 1.18. The number of rotatable bonds is 8. The van der Waals surface area contributed by atoms with Gasteiger partial charge in [-0.25, -0.2) is 0 Å². The van der Waals surface area contributed by atoms with Crippen LogP contribution < -0.4 is 11.1 Å². The van der Waals surface area contributed by atoms with Crippen molar-refractivity contribution in [2.45, 2.75) is 13.8 Å². The molecule has 0 aliphatic heterocycles. The first-order chi connectivity index (χ1) is 8.36. The number of carbonyl (C=O) groups excluding carboxylic acids is 1. The number of carbonyl (C=O) groups is 1. The van der Waals surface area contributed by atoms with Crippen LogP contribution in [0.1, 0.15) is 13.8 Å². The van der Waals surface area contributed by atoms with E-state index in [1.54, 1.807) is 21.0 Å². The van der Waals surface area contributed by atoms with Crippen molar-refractivity contribution in [1.82, 2.24) is 10.2 Å². The fourth-order valence-electron chi connectivity index (χ4n) is 1.18. The number of hydrogen-bond acceptors (Lipinski definition) is 5. The van der Waals surface area contributed by atoms with E-state index in [4.69, 9.17) is 15.7 Å². The summed E-state index contributed by atoms with van der Waals surface area (Å²) in [5.41, 5.74) is 4.45. The molecule has 0 rings (SSSR count). The second kappa shape index (κ2) is 7.88. The highest BCUT2D eigenvalue weighted by Crippen LogP contribution is 2.14. The number of amidine groups is 1. The summed E-state index contributed by atoms with van der Waals surface area (Å²) < 4.78 is 4.95. The summed E-state index contributed by atoms with van der Waals surface area (Å²) in [4.78, 5) is 13.9. The molecule has 0 radical (unpaired) electrons. The van der Waals surface area contributed by atoms with Crippen molar-refractivity contribution in [3.05, 3.63) is 0 Å². The first kappa shape index (κ1) is 16.7. The maximum absolute atomic E-state index is 11.8. The molecular weight excluding hydrogens is 236 g/mol. The molecule has 0 spiro atoms. The van der Waals surface area contributed by atoms with Crippen molar-refractivity contribution in [1.29, 1.82) is 0 Å². The lowest BCUT2D eigenvalue weighted by molar-refractivity contribution is -0.126. The lowest BCUT2D eigenvalue weighted by atomic mass is 9.91. The van der Waals surface area contributed by atoms with Crippen molar-refractivity contribution in [2.75, 3.05) is 40.4 Å². The molecule has 0 heterocycles. The van der Waals surface area contributed by atoms with Crippen LogP contribution in [0.5, 0.6) is 0 Å². The van der Waals surface area contributed by atoms with Crippen LogP contribution in [-0.2, 0) is 9.53 Å². The number of ether oxygens (including phenoxy) is 1. The van der Waals surface area contributed by atoms with E-state index in [0.717, 1.165) is 6.54 Å². The van der Waals surface area contributed by atoms with Crippen LogP contribution in [0.15, 0.2) is 5.16 Å². The molecule has 0 aliphatic rings. The van der Waals surface area contributed by atoms with E-state index < -0.39 is 5.41 Å². The second-order valence-electron chi connectivity index (χ2n) is 4.66. The fraction of sp³-hybridized carbons (Fsp3) is 0.818. The number of oxime groups is 1. The molecule has 7 nitrogen and oxygen atoms in total. The molecule has 0 bridgehead atoms. The van der Waals surface area contributed by atoms with E-state index >= 15 is 0 Å². The molecule has 4 N–H and O–H groups in total. The van der Waals surface area contributed by atoms with Gasteiger partial charge in [0, 0.05) is 26.7 Å². The van der Waals surface area contributed by atoms with Gasteiger partial charge in [0.25, 0.3) is 0 Å². The van der Waals surface area contributed by atoms with Gasteiger partial charge in [0.05, 0.1) is 6.61 Å². The van der Waals surface area contributed by atoms with Gasteiger partial charge >= 0.3 is 0 Å². The molecule has 0 aromatic carbocycles. The Hall–Kier alpha value is -1.34. The van der Waals surface area contributed by atoms with Crippen LogP contribution in [0, 0.1) is 5.41 Å². The minimum Gasteiger partial charge on any atom is -0.409 e. The van der Waals surface area contributed by atoms with Gasteiger partial charge in [-0.1, -0.05) is 5.16 Å². The van der Waals surface area contributed by atoms with Crippen LogP contribution >= 0.6 is 0 Å². The van der Waals surface area contributed by atoms with Gasteiger partial charge in [-0.2, -0.15) is 0 Å². The Morgan fingerprint density at radius 3 is 2.61 bits per heavy atom. The van der Waals surface area contributed by atoms with Gasteiger partial charge in [-0.3, -0.25) is 4.79 Å². The zero-order chi connectivity index (χ0) is 14.2. The number of amides is 1. The first-order valence-electron chi connectivity index (χ1n) is 5.80. The number of nitrogens with two attached hydrogens (primary N) is 1. The van der Waals surface area contributed by atoms with Gasteiger partial charge in [0.15, 0.2) is 5.84 Å². The Morgan fingerprint density at radius 1 is 1.50 bits per heavy atom. The normalized spacial score (nSPS) is 12.8. The standard InChI is InChI=1S/C11H24N4O3/c1-11(2,9(12)14-17)10(16)13-5-6-15(3)7-8-18-4/h17H,5-8H2,1-4H3,(H2,12,14)(H,13,16). The molecule has 0 saturated heterocycles. The summed E-state index contributed by atoms with van der Waals surface area (Å²) in [6.07, 6.45) is 0. The molecule has 0 aromatic heterocycles. The topological polar surface area (TPSA) is 100 Å². The van der Waals surface area contributed by atoms with E-state index in [9.17, 15) is 4.79 Å². The molecule has 0 saturated carbocycles. The minimum atomic E-state index is -1.01. The van der Waals surface area contributed by atoms with Crippen LogP contribution in [0.4, 0.5) is 0 Å². The quantitative estimate of drug-likeness (QED) is 0.235. The van der Waals surface area contributed by atoms with Crippen molar-refractivity contribution < 1.29 is 14.7 Å². The molecule has 18 heavy (non-hydrogen) atoms. The van der Waals surface area contributed by atoms with Gasteiger partial charge in [-0.15, -0.1) is 0 Å². The van der Waals surface area contributed by atoms with Crippen molar-refractivity contribution in [2.24, 2.45) is 16.3 Å². The second-order valence-corrected chi connectivity index (χ2v) is 4.66. The van der Waals surface area contributed by atoms with Crippen LogP contribution in [-0.4, -0.2) is 62.2 Å². The smallest absolute Gasteiger partial charge is 0.233 e. The summed E-state index contributed by atoms with van der Waals surface area (Å²) in [6, 6.07) is 0. The largest absolute Gasteiger partial charge is 0.409 e. The third-order valence-corrected chi connectivity index (χ3v) is 2.77. The van der Waals surface area contributed by atoms with Gasteiger partial charge in [-0.05, 0) is 20.9 Å². The third-order valence-electron chi connectivity index (χ3n) is 2.77. The Labute approximate surface area is 108 Å². The van der Waals surface area contributed by atoms with Gasteiger partial charge in [0.1, 0.15) is 5.41 Å². The van der Waals surface area contributed by atoms with Crippen LogP contribution in [0.2, 0.25) is 0 Å². The molecular formula is C11H24N4O3. The van der Waals surface area contributed by atoms with E-state index in [2.05, 4.69) is 10.5 Å². The zero-order valence-electron chi connectivity index (χ0n) is 11.6. The predicted octanol–water partition coefficient (Wildman–Crippen LogP) is -0.547. The number of methoxy groups -OCH3 is 1. The lowest BCUT2D eigenvalue weighted by Crippen LogP contribution is -2.47. The lowest BCUT2D eigenvalue weighted by Gasteiger charge is -2.23. The van der Waals surface area contributed by atoms with E-state index in [1.807, 2.05) is 11.9 Å². The van der Waals surface area contributed by atoms with E-state index in [0.29, 0.717) is 19.7 Å². The zero-order valence-corrected chi connectivity index (χ0v) is 11.6. The van der Waals surface area contributed by atoms with E-state index in [1.165, 1.54) is 0 Å². The summed E-state index contributed by atoms with van der Waals surface area (Å²) >= 11 is 0. The van der Waals surface area contributed by atoms with Crippen molar-refractivity contribution in [3.8, 4) is 0 Å². The highest BCUT2D eigenvalue weighted by molar-refractivity contribution is 6.05. The third kappa shape index (κ3) is 5.33. The minimum absolute atomic E-state index is 0.104. The Bertz CT molecular complexity index is 292. The highest BCUT2D eigenvalue weighted by atomic mass is 16.5. The van der Waals surface area contributed by atoms with Gasteiger partial charge < -0.3 is 25.9 Å². The molecule has 7 heteroatoms. The van der Waals surface area contributed by atoms with Gasteiger partial charge in [0.2, 0.25) is 5.91 Å². The Kier molecular flexibility index (Phi) is 7.30. The number of hydrogen-bond donors (Lipinski definition) is 3. The van der Waals surface area contributed by atoms with E-state index in [-0.39, 0.29) is 11.7 Å². The number of nitrogens with zero attached hydrogens (tertiary/aromatic N) is 2. The van der Waals surface area contributed by atoms with Crippen molar-refractivity contribution in [3.63, 3.8) is 0 Å². The molecule has 1 amide bonds. The van der Waals surface area contributed by atoms with Crippen LogP contribution in [0.3, 0.4) is 0 Å². The van der Waals surface area contributed by atoms with Crippen LogP contribution in [0.25, 0.3) is 0 Å². The predicted molar refractivity (Wildman–Crippen MR) is 69.6 cm³/mol.